The Hall–Kier alpha value is -2.46. The Morgan fingerprint density at radius 3 is 2.65 bits per heavy atom. The first-order chi connectivity index (χ1) is 9.42. The number of sulfonamides is 1. The number of nitrogens with zero attached hydrogens (tertiary/aromatic N) is 2. The largest absolute Gasteiger partial charge is 0.277 e. The molecule has 0 atom stereocenters. The second-order valence-electron chi connectivity index (χ2n) is 4.08. The van der Waals surface area contributed by atoms with Crippen LogP contribution in [0.4, 0.5) is 10.1 Å². The second-order valence-corrected chi connectivity index (χ2v) is 5.76. The molecule has 0 saturated carbocycles. The monoisotopic (exact) mass is 291 g/mol. The number of hydrogen-bond acceptors (Lipinski definition) is 4. The standard InChI is InChI=1S/C13H10FN3O2S/c1-9-2-5-12(14)13(6-9)17-20(18,19)11-4-3-10(7-15)16-8-11/h2-6,8,17H,1H3. The fourth-order valence-corrected chi connectivity index (χ4v) is 2.53. The molecule has 0 spiro atoms. The van der Waals surface area contributed by atoms with Crippen LogP contribution in [-0.4, -0.2) is 13.4 Å². The molecule has 0 aliphatic carbocycles. The molecule has 5 nitrogen and oxygen atoms in total. The number of nitrogens with one attached hydrogen (secondary N) is 1. The van der Waals surface area contributed by atoms with Gasteiger partial charge in [0, 0.05) is 6.20 Å². The van der Waals surface area contributed by atoms with Gasteiger partial charge in [0.25, 0.3) is 10.0 Å². The maximum Gasteiger partial charge on any atom is 0.263 e. The minimum atomic E-state index is -3.94. The van der Waals surface area contributed by atoms with Gasteiger partial charge in [0.1, 0.15) is 22.5 Å². The smallest absolute Gasteiger partial charge is 0.263 e. The van der Waals surface area contributed by atoms with Gasteiger partial charge in [-0.1, -0.05) is 6.07 Å². The van der Waals surface area contributed by atoms with Crippen molar-refractivity contribution in [2.75, 3.05) is 4.72 Å². The number of rotatable bonds is 3. The van der Waals surface area contributed by atoms with E-state index in [0.717, 1.165) is 11.8 Å². The average Bonchev–Trinajstić information content (AvgIpc) is 2.43. The molecule has 20 heavy (non-hydrogen) atoms. The van der Waals surface area contributed by atoms with Crippen LogP contribution < -0.4 is 4.72 Å². The van der Waals surface area contributed by atoms with Crippen molar-refractivity contribution in [2.24, 2.45) is 0 Å². The Labute approximate surface area is 115 Å². The zero-order valence-electron chi connectivity index (χ0n) is 10.5. The van der Waals surface area contributed by atoms with Crippen molar-refractivity contribution in [3.8, 4) is 6.07 Å². The molecule has 1 heterocycles. The van der Waals surface area contributed by atoms with Gasteiger partial charge in [-0.3, -0.25) is 4.72 Å². The van der Waals surface area contributed by atoms with E-state index in [1.165, 1.54) is 30.3 Å². The van der Waals surface area contributed by atoms with E-state index in [1.54, 1.807) is 13.0 Å². The maximum absolute atomic E-state index is 13.5. The van der Waals surface area contributed by atoms with Gasteiger partial charge in [-0.2, -0.15) is 5.26 Å². The lowest BCUT2D eigenvalue weighted by molar-refractivity contribution is 0.598. The SMILES string of the molecule is Cc1ccc(F)c(NS(=O)(=O)c2ccc(C#N)nc2)c1. The number of halogens is 1. The van der Waals surface area contributed by atoms with Crippen molar-refractivity contribution in [3.05, 3.63) is 53.6 Å². The lowest BCUT2D eigenvalue weighted by Crippen LogP contribution is -2.14. The van der Waals surface area contributed by atoms with Crippen LogP contribution in [0.1, 0.15) is 11.3 Å². The Kier molecular flexibility index (Phi) is 3.68. The summed E-state index contributed by atoms with van der Waals surface area (Å²) in [6.45, 7) is 1.72. The molecule has 0 unspecified atom stereocenters. The summed E-state index contributed by atoms with van der Waals surface area (Å²) in [5.74, 6) is -0.666. The summed E-state index contributed by atoms with van der Waals surface area (Å²) in [6, 6.07) is 8.42. The molecule has 102 valence electrons. The van der Waals surface area contributed by atoms with E-state index in [-0.39, 0.29) is 16.3 Å². The molecule has 0 bridgehead atoms. The predicted molar refractivity (Wildman–Crippen MR) is 70.9 cm³/mol. The molecule has 0 fully saturated rings. The highest BCUT2D eigenvalue weighted by Crippen LogP contribution is 2.20. The summed E-state index contributed by atoms with van der Waals surface area (Å²) >= 11 is 0. The highest BCUT2D eigenvalue weighted by atomic mass is 32.2. The molecule has 0 radical (unpaired) electrons. The quantitative estimate of drug-likeness (QED) is 0.939. The van der Waals surface area contributed by atoms with Crippen LogP contribution in [0.3, 0.4) is 0 Å². The predicted octanol–water partition coefficient (Wildman–Crippen LogP) is 2.20. The molecule has 0 aliphatic rings. The molecular weight excluding hydrogens is 281 g/mol. The van der Waals surface area contributed by atoms with Gasteiger partial charge in [-0.25, -0.2) is 17.8 Å². The highest BCUT2D eigenvalue weighted by Gasteiger charge is 2.16. The van der Waals surface area contributed by atoms with E-state index in [4.69, 9.17) is 5.26 Å². The van der Waals surface area contributed by atoms with E-state index in [2.05, 4.69) is 9.71 Å². The summed E-state index contributed by atoms with van der Waals surface area (Å²) < 4.78 is 39.8. The molecule has 2 aromatic rings. The Morgan fingerprint density at radius 2 is 2.05 bits per heavy atom. The molecule has 0 saturated heterocycles. The number of hydrogen-bond donors (Lipinski definition) is 1. The fraction of sp³-hybridized carbons (Fsp3) is 0.0769. The summed E-state index contributed by atoms with van der Waals surface area (Å²) in [5, 5.41) is 8.61. The minimum Gasteiger partial charge on any atom is -0.277 e. The third-order valence-electron chi connectivity index (χ3n) is 2.53. The molecule has 7 heteroatoms. The summed E-state index contributed by atoms with van der Waals surface area (Å²) in [7, 11) is -3.94. The summed E-state index contributed by atoms with van der Waals surface area (Å²) in [6.07, 6.45) is 1.05. The van der Waals surface area contributed by atoms with Crippen LogP contribution in [-0.2, 0) is 10.0 Å². The normalized spacial score (nSPS) is 10.8. The van der Waals surface area contributed by atoms with E-state index in [1.807, 2.05) is 0 Å². The van der Waals surface area contributed by atoms with Crippen molar-refractivity contribution in [1.29, 1.82) is 5.26 Å². The zero-order valence-corrected chi connectivity index (χ0v) is 11.3. The first-order valence-corrected chi connectivity index (χ1v) is 7.06. The zero-order chi connectivity index (χ0) is 14.8. The fourth-order valence-electron chi connectivity index (χ4n) is 1.53. The van der Waals surface area contributed by atoms with Gasteiger partial charge in [0.15, 0.2) is 0 Å². The van der Waals surface area contributed by atoms with E-state index >= 15 is 0 Å². The van der Waals surface area contributed by atoms with Crippen LogP contribution in [0.2, 0.25) is 0 Å². The van der Waals surface area contributed by atoms with Crippen LogP contribution in [0, 0.1) is 24.1 Å². The molecule has 0 aliphatic heterocycles. The highest BCUT2D eigenvalue weighted by molar-refractivity contribution is 7.92. The Balaban J connectivity index is 2.35. The third kappa shape index (κ3) is 2.92. The Bertz CT molecular complexity index is 780. The lowest BCUT2D eigenvalue weighted by Gasteiger charge is -2.09. The second kappa shape index (κ2) is 5.27. The third-order valence-corrected chi connectivity index (χ3v) is 3.88. The van der Waals surface area contributed by atoms with Crippen LogP contribution in [0.15, 0.2) is 41.4 Å². The minimum absolute atomic E-state index is 0.102. The van der Waals surface area contributed by atoms with Crippen molar-refractivity contribution in [3.63, 3.8) is 0 Å². The summed E-state index contributed by atoms with van der Waals surface area (Å²) in [5.41, 5.74) is 0.696. The van der Waals surface area contributed by atoms with Gasteiger partial charge >= 0.3 is 0 Å². The number of anilines is 1. The molecule has 1 aromatic carbocycles. The average molecular weight is 291 g/mol. The first-order valence-electron chi connectivity index (χ1n) is 5.57. The van der Waals surface area contributed by atoms with E-state index in [0.29, 0.717) is 0 Å². The van der Waals surface area contributed by atoms with Crippen molar-refractivity contribution >= 4 is 15.7 Å². The number of pyridine rings is 1. The van der Waals surface area contributed by atoms with E-state index in [9.17, 15) is 12.8 Å². The van der Waals surface area contributed by atoms with Crippen LogP contribution in [0.5, 0.6) is 0 Å². The number of nitriles is 1. The van der Waals surface area contributed by atoms with Crippen LogP contribution >= 0.6 is 0 Å². The maximum atomic E-state index is 13.5. The number of aryl methyl sites for hydroxylation is 1. The van der Waals surface area contributed by atoms with Gasteiger partial charge in [0.2, 0.25) is 0 Å². The topological polar surface area (TPSA) is 82.9 Å². The Morgan fingerprint density at radius 1 is 1.30 bits per heavy atom. The molecular formula is C13H10FN3O2S. The van der Waals surface area contributed by atoms with Gasteiger partial charge < -0.3 is 0 Å². The first kappa shape index (κ1) is 14.0. The van der Waals surface area contributed by atoms with Crippen molar-refractivity contribution in [1.82, 2.24) is 4.98 Å². The van der Waals surface area contributed by atoms with Crippen LogP contribution in [0.25, 0.3) is 0 Å². The molecule has 1 N–H and O–H groups in total. The lowest BCUT2D eigenvalue weighted by atomic mass is 10.2. The van der Waals surface area contributed by atoms with Gasteiger partial charge in [-0.05, 0) is 36.8 Å². The molecule has 2 rings (SSSR count). The van der Waals surface area contributed by atoms with Gasteiger partial charge in [-0.15, -0.1) is 0 Å². The molecule has 1 aromatic heterocycles. The molecule has 0 amide bonds. The van der Waals surface area contributed by atoms with Crippen molar-refractivity contribution < 1.29 is 12.8 Å². The summed E-state index contributed by atoms with van der Waals surface area (Å²) in [4.78, 5) is 3.53. The van der Waals surface area contributed by atoms with Crippen molar-refractivity contribution in [2.45, 2.75) is 11.8 Å². The van der Waals surface area contributed by atoms with Gasteiger partial charge in [0.05, 0.1) is 5.69 Å². The number of aromatic nitrogens is 1. The number of benzene rings is 1. The van der Waals surface area contributed by atoms with E-state index < -0.39 is 15.8 Å².